The van der Waals surface area contributed by atoms with Crippen molar-refractivity contribution in [2.45, 2.75) is 64.2 Å². The van der Waals surface area contributed by atoms with E-state index in [1.807, 2.05) is 0 Å². The predicted octanol–water partition coefficient (Wildman–Crippen LogP) is 7.37. The first-order valence-electron chi connectivity index (χ1n) is 10.7. The van der Waals surface area contributed by atoms with Crippen LogP contribution in [0.4, 0.5) is 13.2 Å². The molecule has 0 radical (unpaired) electrons. The summed E-state index contributed by atoms with van der Waals surface area (Å²) in [5.74, 6) is 0.189. The summed E-state index contributed by atoms with van der Waals surface area (Å²) in [6, 6.07) is 3.92. The molecule has 4 rings (SSSR count). The number of ether oxygens (including phenoxy) is 1. The number of halogens is 3. The molecular weight excluding hydrogens is 361 g/mol. The summed E-state index contributed by atoms with van der Waals surface area (Å²) >= 11 is 0. The lowest BCUT2D eigenvalue weighted by molar-refractivity contribution is 0.112. The van der Waals surface area contributed by atoms with Gasteiger partial charge in [-0.15, -0.1) is 0 Å². The number of hydrogen-bond donors (Lipinski definition) is 0. The van der Waals surface area contributed by atoms with Crippen LogP contribution in [0.5, 0.6) is 5.75 Å². The van der Waals surface area contributed by atoms with Crippen molar-refractivity contribution in [3.63, 3.8) is 0 Å². The molecule has 0 aromatic heterocycles. The largest absolute Gasteiger partial charge is 0.497 e. The van der Waals surface area contributed by atoms with Crippen molar-refractivity contribution >= 4 is 10.8 Å². The molecule has 4 unspecified atom stereocenters. The quantitative estimate of drug-likeness (QED) is 0.530. The van der Waals surface area contributed by atoms with Crippen molar-refractivity contribution < 1.29 is 17.9 Å². The highest BCUT2D eigenvalue weighted by molar-refractivity contribution is 5.86. The van der Waals surface area contributed by atoms with Crippen molar-refractivity contribution in [3.05, 3.63) is 41.2 Å². The second kappa shape index (κ2) is 7.96. The molecule has 0 N–H and O–H groups in total. The third-order valence-electron chi connectivity index (χ3n) is 7.15. The molecule has 0 bridgehead atoms. The number of hydrogen-bond acceptors (Lipinski definition) is 1. The zero-order chi connectivity index (χ0) is 19.8. The minimum Gasteiger partial charge on any atom is -0.497 e. The average molecular weight is 390 g/mol. The lowest BCUT2D eigenvalue weighted by Crippen LogP contribution is -2.31. The topological polar surface area (TPSA) is 9.23 Å². The predicted molar refractivity (Wildman–Crippen MR) is 106 cm³/mol. The number of methoxy groups -OCH3 is 1. The van der Waals surface area contributed by atoms with Gasteiger partial charge in [0.05, 0.1) is 12.5 Å². The summed E-state index contributed by atoms with van der Waals surface area (Å²) in [7, 11) is 1.41. The summed E-state index contributed by atoms with van der Waals surface area (Å²) in [5, 5.41) is 0.0929. The monoisotopic (exact) mass is 390 g/mol. The van der Waals surface area contributed by atoms with Crippen molar-refractivity contribution in [1.29, 1.82) is 0 Å². The molecule has 2 aromatic carbocycles. The average Bonchev–Trinajstić information content (AvgIpc) is 2.67. The smallest absolute Gasteiger partial charge is 0.140 e. The van der Waals surface area contributed by atoms with E-state index in [4.69, 9.17) is 4.74 Å². The second-order valence-corrected chi connectivity index (χ2v) is 8.79. The first-order chi connectivity index (χ1) is 13.5. The maximum Gasteiger partial charge on any atom is 0.140 e. The van der Waals surface area contributed by atoms with Crippen LogP contribution in [-0.2, 0) is 0 Å². The third kappa shape index (κ3) is 3.51. The molecule has 0 amide bonds. The maximum absolute atomic E-state index is 15.3. The van der Waals surface area contributed by atoms with Gasteiger partial charge in [0.1, 0.15) is 23.2 Å². The van der Waals surface area contributed by atoms with E-state index in [0.717, 1.165) is 31.6 Å². The van der Waals surface area contributed by atoms with Crippen LogP contribution in [0.2, 0.25) is 0 Å². The van der Waals surface area contributed by atoms with E-state index in [0.29, 0.717) is 11.8 Å². The Labute approximate surface area is 165 Å². The molecule has 4 heteroatoms. The van der Waals surface area contributed by atoms with Crippen molar-refractivity contribution in [3.8, 4) is 5.75 Å². The summed E-state index contributed by atoms with van der Waals surface area (Å²) < 4.78 is 49.7. The Bertz CT molecular complexity index is 863. The lowest BCUT2D eigenvalue weighted by Gasteiger charge is -2.42. The summed E-state index contributed by atoms with van der Waals surface area (Å²) in [5.41, 5.74) is 0.0886. The SMILES string of the molecule is CCCC1CCC2CC(c3c(F)cc4cc(OC)cc(F)c4c3F)CCC2C1. The molecule has 2 aliphatic carbocycles. The van der Waals surface area contributed by atoms with Crippen molar-refractivity contribution in [2.24, 2.45) is 17.8 Å². The second-order valence-electron chi connectivity index (χ2n) is 8.79. The van der Waals surface area contributed by atoms with Crippen LogP contribution in [0, 0.1) is 35.2 Å². The van der Waals surface area contributed by atoms with Crippen LogP contribution in [0.15, 0.2) is 18.2 Å². The van der Waals surface area contributed by atoms with Crippen LogP contribution >= 0.6 is 0 Å². The summed E-state index contributed by atoms with van der Waals surface area (Å²) in [6.45, 7) is 2.24. The minimum absolute atomic E-state index is 0.0886. The third-order valence-corrected chi connectivity index (χ3v) is 7.15. The van der Waals surface area contributed by atoms with E-state index in [-0.39, 0.29) is 28.0 Å². The van der Waals surface area contributed by atoms with E-state index in [1.54, 1.807) is 0 Å². The molecule has 0 aliphatic heterocycles. The van der Waals surface area contributed by atoms with Gasteiger partial charge in [-0.25, -0.2) is 13.2 Å². The summed E-state index contributed by atoms with van der Waals surface area (Å²) in [4.78, 5) is 0. The Kier molecular flexibility index (Phi) is 5.57. The van der Waals surface area contributed by atoms with Crippen LogP contribution in [0.3, 0.4) is 0 Å². The van der Waals surface area contributed by atoms with Crippen LogP contribution in [0.1, 0.15) is 69.8 Å². The van der Waals surface area contributed by atoms with Gasteiger partial charge in [0.2, 0.25) is 0 Å². The fourth-order valence-corrected chi connectivity index (χ4v) is 5.81. The Morgan fingerprint density at radius 1 is 0.929 bits per heavy atom. The molecule has 0 saturated heterocycles. The van der Waals surface area contributed by atoms with Gasteiger partial charge in [-0.2, -0.15) is 0 Å². The van der Waals surface area contributed by atoms with E-state index >= 15 is 4.39 Å². The highest BCUT2D eigenvalue weighted by Crippen LogP contribution is 2.49. The fourth-order valence-electron chi connectivity index (χ4n) is 5.81. The zero-order valence-electron chi connectivity index (χ0n) is 16.7. The zero-order valence-corrected chi connectivity index (χ0v) is 16.7. The molecule has 2 fully saturated rings. The number of benzene rings is 2. The highest BCUT2D eigenvalue weighted by Gasteiger charge is 2.37. The molecule has 28 heavy (non-hydrogen) atoms. The molecule has 0 heterocycles. The highest BCUT2D eigenvalue weighted by atomic mass is 19.1. The minimum atomic E-state index is -0.724. The normalized spacial score (nSPS) is 27.6. The van der Waals surface area contributed by atoms with Crippen molar-refractivity contribution in [1.82, 2.24) is 0 Å². The standard InChI is InChI=1S/C24H29F3O/c1-3-4-14-5-6-16-10-17(8-7-15(16)9-14)22-20(25)12-18-11-19(28-2)13-21(26)23(18)24(22)27/h11-17H,3-10H2,1-2H3. The van der Waals surface area contributed by atoms with Gasteiger partial charge in [0.15, 0.2) is 0 Å². The fraction of sp³-hybridized carbons (Fsp3) is 0.583. The Balaban J connectivity index is 1.62. The van der Waals surface area contributed by atoms with Crippen molar-refractivity contribution in [2.75, 3.05) is 7.11 Å². The number of rotatable bonds is 4. The maximum atomic E-state index is 15.3. The lowest BCUT2D eigenvalue weighted by atomic mass is 9.63. The van der Waals surface area contributed by atoms with Crippen LogP contribution < -0.4 is 4.74 Å². The summed E-state index contributed by atoms with van der Waals surface area (Å²) in [6.07, 6.45) is 8.82. The van der Waals surface area contributed by atoms with E-state index in [9.17, 15) is 8.78 Å². The number of fused-ring (bicyclic) bond motifs is 2. The van der Waals surface area contributed by atoms with Crippen LogP contribution in [0.25, 0.3) is 10.8 Å². The molecule has 4 atom stereocenters. The molecule has 152 valence electrons. The van der Waals surface area contributed by atoms with E-state index in [2.05, 4.69) is 6.92 Å². The Morgan fingerprint density at radius 2 is 1.68 bits per heavy atom. The van der Waals surface area contributed by atoms with Gasteiger partial charge in [-0.3, -0.25) is 0 Å². The van der Waals surface area contributed by atoms with E-state index in [1.165, 1.54) is 51.0 Å². The van der Waals surface area contributed by atoms with Gasteiger partial charge < -0.3 is 4.74 Å². The van der Waals surface area contributed by atoms with E-state index < -0.39 is 17.5 Å². The molecular formula is C24H29F3O. The Morgan fingerprint density at radius 3 is 2.43 bits per heavy atom. The van der Waals surface area contributed by atoms with Gasteiger partial charge in [-0.1, -0.05) is 26.2 Å². The molecule has 1 nitrogen and oxygen atoms in total. The molecule has 0 spiro atoms. The molecule has 2 aromatic rings. The van der Waals surface area contributed by atoms with Gasteiger partial charge in [0, 0.05) is 11.6 Å². The van der Waals surface area contributed by atoms with Crippen LogP contribution in [-0.4, -0.2) is 7.11 Å². The van der Waals surface area contributed by atoms with Gasteiger partial charge in [0.25, 0.3) is 0 Å². The Hall–Kier alpha value is -1.71. The molecule has 2 saturated carbocycles. The first kappa shape index (κ1) is 19.6. The molecule has 2 aliphatic rings. The first-order valence-corrected chi connectivity index (χ1v) is 10.7. The van der Waals surface area contributed by atoms with Gasteiger partial charge in [-0.05, 0) is 73.3 Å². The van der Waals surface area contributed by atoms with Gasteiger partial charge >= 0.3 is 0 Å².